The molecular weight excluding hydrogens is 699 g/mol. The molecule has 0 radical (unpaired) electrons. The first-order chi connectivity index (χ1) is 24.5. The molecule has 0 bridgehead atoms. The second-order valence-corrected chi connectivity index (χ2v) is 13.8. The number of ether oxygens (including phenoxy) is 2. The van der Waals surface area contributed by atoms with Crippen molar-refractivity contribution in [1.29, 1.82) is 0 Å². The summed E-state index contributed by atoms with van der Waals surface area (Å²) in [5, 5.41) is 13.7. The van der Waals surface area contributed by atoms with Crippen LogP contribution in [0.2, 0.25) is 0 Å². The van der Waals surface area contributed by atoms with E-state index in [0.717, 1.165) is 28.8 Å². The molecule has 1 fully saturated rings. The Kier molecular flexibility index (Phi) is 13.2. The topological polar surface area (TPSA) is 147 Å². The second kappa shape index (κ2) is 17.4. The normalized spacial score (nSPS) is 17.2. The molecule has 1 saturated carbocycles. The number of alkyl halides is 3. The maximum atomic E-state index is 13.6. The molecule has 4 rings (SSSR count). The summed E-state index contributed by atoms with van der Waals surface area (Å²) < 4.78 is 51.2. The van der Waals surface area contributed by atoms with Crippen molar-refractivity contribution in [2.75, 3.05) is 11.9 Å². The Balaban J connectivity index is 1.44. The van der Waals surface area contributed by atoms with Gasteiger partial charge in [-0.3, -0.25) is 14.9 Å². The number of amides is 4. The smallest absolute Gasteiger partial charge is 0.416 e. The molecule has 1 aliphatic carbocycles. The summed E-state index contributed by atoms with van der Waals surface area (Å²) in [7, 11) is 0. The Hall–Kier alpha value is -5.18. The van der Waals surface area contributed by atoms with Crippen LogP contribution in [0.3, 0.4) is 0 Å². The van der Waals surface area contributed by atoms with Crippen molar-refractivity contribution < 1.29 is 41.8 Å². The van der Waals surface area contributed by atoms with Gasteiger partial charge in [0.1, 0.15) is 17.2 Å². The molecule has 52 heavy (non-hydrogen) atoms. The zero-order chi connectivity index (χ0) is 38.1. The van der Waals surface area contributed by atoms with Gasteiger partial charge in [0.2, 0.25) is 5.91 Å². The van der Waals surface area contributed by atoms with Crippen LogP contribution < -0.4 is 26.6 Å². The van der Waals surface area contributed by atoms with Crippen molar-refractivity contribution >= 4 is 46.9 Å². The predicted molar refractivity (Wildman–Crippen MR) is 193 cm³/mol. The van der Waals surface area contributed by atoms with Crippen molar-refractivity contribution in [3.05, 3.63) is 101 Å². The molecule has 3 atom stereocenters. The average Bonchev–Trinajstić information content (AvgIpc) is 3.07. The Morgan fingerprint density at radius 2 is 1.54 bits per heavy atom. The average molecular weight is 742 g/mol. The van der Waals surface area contributed by atoms with E-state index in [4.69, 9.17) is 21.7 Å². The number of nitrogens with one attached hydrogen (secondary N) is 5. The number of hydrogen-bond donors (Lipinski definition) is 5. The highest BCUT2D eigenvalue weighted by Crippen LogP contribution is 2.32. The van der Waals surface area contributed by atoms with Crippen LogP contribution in [-0.2, 0) is 27.1 Å². The van der Waals surface area contributed by atoms with Crippen LogP contribution in [0.1, 0.15) is 72.6 Å². The second-order valence-electron chi connectivity index (χ2n) is 13.4. The third-order valence-electron chi connectivity index (χ3n) is 8.00. The minimum absolute atomic E-state index is 0.0785. The molecule has 5 N–H and O–H groups in total. The minimum Gasteiger partial charge on any atom is -0.445 e. The van der Waals surface area contributed by atoms with Gasteiger partial charge in [0.05, 0.1) is 29.4 Å². The molecule has 0 aliphatic heterocycles. The fraction of sp³-hybridized carbons (Fsp3) is 0.378. The molecule has 4 amide bonds. The molecule has 0 saturated heterocycles. The van der Waals surface area contributed by atoms with E-state index in [-0.39, 0.29) is 30.8 Å². The van der Waals surface area contributed by atoms with Gasteiger partial charge in [0, 0.05) is 17.6 Å². The summed E-state index contributed by atoms with van der Waals surface area (Å²) in [5.74, 6) is -1.68. The van der Waals surface area contributed by atoms with Crippen LogP contribution in [0.25, 0.3) is 0 Å². The number of carbonyl (C=O) groups excluding carboxylic acids is 4. The lowest BCUT2D eigenvalue weighted by Crippen LogP contribution is -2.58. The van der Waals surface area contributed by atoms with Gasteiger partial charge < -0.3 is 30.7 Å². The van der Waals surface area contributed by atoms with Gasteiger partial charge in [-0.1, -0.05) is 72.4 Å². The highest BCUT2D eigenvalue weighted by Gasteiger charge is 2.34. The van der Waals surface area contributed by atoms with Crippen LogP contribution in [0, 0.1) is 6.92 Å². The molecule has 278 valence electrons. The number of hydrogen-bond acceptors (Lipinski definition) is 7. The first-order valence-corrected chi connectivity index (χ1v) is 17.0. The summed E-state index contributed by atoms with van der Waals surface area (Å²) in [5.41, 5.74) is -0.147. The number of aryl methyl sites for hydroxylation is 1. The van der Waals surface area contributed by atoms with E-state index in [2.05, 4.69) is 26.6 Å². The van der Waals surface area contributed by atoms with Gasteiger partial charge in [0.15, 0.2) is 0 Å². The Morgan fingerprint density at radius 1 is 0.846 bits per heavy atom. The standard InChI is InChI=1S/C37H42F3N5O6S/c1-22-10-12-24(13-11-22)33(52)44-29-17-15-26(42-34(48)50-21-23-8-6-5-7-9-23)19-30(29)43-31(46)20-41-32(47)27-18-25(37(38,39)40)14-16-28(27)45-35(49)51-36(2,3)4/h5-14,16,18,26,29-30H,15,17,19-21H2,1-4H3,(H,41,47)(H,42,48)(H,43,46)(H,44,52)(H,45,49). The van der Waals surface area contributed by atoms with Crippen molar-refractivity contribution in [2.24, 2.45) is 0 Å². The van der Waals surface area contributed by atoms with Crippen LogP contribution >= 0.6 is 12.2 Å². The third kappa shape index (κ3) is 12.2. The van der Waals surface area contributed by atoms with Gasteiger partial charge in [-0.15, -0.1) is 0 Å². The van der Waals surface area contributed by atoms with Crippen molar-refractivity contribution in [1.82, 2.24) is 21.3 Å². The maximum Gasteiger partial charge on any atom is 0.416 e. The molecule has 11 nitrogen and oxygen atoms in total. The quantitative estimate of drug-likeness (QED) is 0.150. The van der Waals surface area contributed by atoms with Gasteiger partial charge in [-0.05, 0) is 70.7 Å². The van der Waals surface area contributed by atoms with Gasteiger partial charge in [-0.25, -0.2) is 9.59 Å². The number of alkyl carbamates (subject to hydrolysis) is 1. The number of rotatable bonds is 10. The number of benzene rings is 3. The molecule has 15 heteroatoms. The predicted octanol–water partition coefficient (Wildman–Crippen LogP) is 6.39. The highest BCUT2D eigenvalue weighted by atomic mass is 32.1. The van der Waals surface area contributed by atoms with E-state index >= 15 is 0 Å². The molecule has 0 heterocycles. The third-order valence-corrected chi connectivity index (χ3v) is 8.35. The lowest BCUT2D eigenvalue weighted by molar-refractivity contribution is -0.137. The minimum atomic E-state index is -4.78. The number of halogens is 3. The van der Waals surface area contributed by atoms with Gasteiger partial charge >= 0.3 is 18.4 Å². The number of thiocarbonyl (C=S) groups is 1. The summed E-state index contributed by atoms with van der Waals surface area (Å²) >= 11 is 5.65. The first-order valence-electron chi connectivity index (χ1n) is 16.6. The summed E-state index contributed by atoms with van der Waals surface area (Å²) in [6, 6.07) is 17.7. The molecule has 3 unspecified atom stereocenters. The van der Waals surface area contributed by atoms with Crippen LogP contribution in [0.15, 0.2) is 72.8 Å². The Labute approximate surface area is 305 Å². The van der Waals surface area contributed by atoms with E-state index < -0.39 is 59.5 Å². The zero-order valence-electron chi connectivity index (χ0n) is 29.2. The summed E-state index contributed by atoms with van der Waals surface area (Å²) in [6.45, 7) is 6.23. The molecule has 1 aliphatic rings. The number of anilines is 1. The molecular formula is C37H42F3N5O6S. The van der Waals surface area contributed by atoms with Crippen LogP contribution in [0.5, 0.6) is 0 Å². The first kappa shape index (κ1) is 39.6. The molecule has 3 aromatic rings. The van der Waals surface area contributed by atoms with Crippen molar-refractivity contribution in [2.45, 2.75) is 83.5 Å². The van der Waals surface area contributed by atoms with Gasteiger partial charge in [0.25, 0.3) is 5.91 Å². The van der Waals surface area contributed by atoms with E-state index in [1.165, 1.54) is 0 Å². The van der Waals surface area contributed by atoms with Crippen molar-refractivity contribution in [3.8, 4) is 0 Å². The van der Waals surface area contributed by atoms with Gasteiger partial charge in [-0.2, -0.15) is 13.2 Å². The van der Waals surface area contributed by atoms with E-state index in [9.17, 15) is 32.3 Å². The fourth-order valence-corrected chi connectivity index (χ4v) is 5.75. The van der Waals surface area contributed by atoms with E-state index in [1.54, 1.807) is 20.8 Å². The molecule has 0 spiro atoms. The highest BCUT2D eigenvalue weighted by molar-refractivity contribution is 7.80. The van der Waals surface area contributed by atoms with Crippen LogP contribution in [0.4, 0.5) is 28.4 Å². The van der Waals surface area contributed by atoms with Crippen molar-refractivity contribution in [3.63, 3.8) is 0 Å². The largest absolute Gasteiger partial charge is 0.445 e. The van der Waals surface area contributed by atoms with E-state index in [1.807, 2.05) is 61.5 Å². The lowest BCUT2D eigenvalue weighted by atomic mass is 9.86. The summed E-state index contributed by atoms with van der Waals surface area (Å²) in [4.78, 5) is 51.9. The zero-order valence-corrected chi connectivity index (χ0v) is 30.0. The summed E-state index contributed by atoms with van der Waals surface area (Å²) in [6.07, 6.45) is -5.06. The SMILES string of the molecule is Cc1ccc(C(=S)NC2CCC(NC(=O)OCc3ccccc3)CC2NC(=O)CNC(=O)c2cc(C(F)(F)F)ccc2NC(=O)OC(C)(C)C)cc1. The van der Waals surface area contributed by atoms with Crippen LogP contribution in [-0.4, -0.2) is 59.3 Å². The Bertz CT molecular complexity index is 1750. The fourth-order valence-electron chi connectivity index (χ4n) is 5.47. The maximum absolute atomic E-state index is 13.6. The lowest BCUT2D eigenvalue weighted by Gasteiger charge is -2.37. The molecule has 0 aromatic heterocycles. The monoisotopic (exact) mass is 741 g/mol. The van der Waals surface area contributed by atoms with E-state index in [0.29, 0.717) is 23.9 Å². The number of carbonyl (C=O) groups is 4. The molecule has 3 aromatic carbocycles. The Morgan fingerprint density at radius 3 is 2.19 bits per heavy atom.